The molecule has 0 aliphatic rings. The van der Waals surface area contributed by atoms with Gasteiger partial charge in [0.2, 0.25) is 0 Å². The average molecular weight is 329 g/mol. The van der Waals surface area contributed by atoms with E-state index in [1.165, 1.54) is 11.8 Å². The number of hydrogen-bond acceptors (Lipinski definition) is 3. The average Bonchev–Trinajstić information content (AvgIpc) is 2.27. The Morgan fingerprint density at radius 1 is 1.39 bits per heavy atom. The van der Waals surface area contributed by atoms with Gasteiger partial charge in [-0.2, -0.15) is 0 Å². The fourth-order valence-electron chi connectivity index (χ4n) is 1.32. The summed E-state index contributed by atoms with van der Waals surface area (Å²) in [6.45, 7) is 1.54. The number of carbonyl (C=O) groups excluding carboxylic acids is 1. The minimum absolute atomic E-state index is 0.110. The molecule has 0 aliphatic carbocycles. The van der Waals surface area contributed by atoms with E-state index in [9.17, 15) is 9.59 Å². The topological polar surface area (TPSA) is 54.4 Å². The van der Waals surface area contributed by atoms with Crippen molar-refractivity contribution < 1.29 is 14.7 Å². The molecule has 0 unspecified atom stereocenters. The van der Waals surface area contributed by atoms with E-state index in [4.69, 9.17) is 5.11 Å². The van der Waals surface area contributed by atoms with Crippen molar-refractivity contribution in [3.8, 4) is 0 Å². The summed E-state index contributed by atoms with van der Waals surface area (Å²) in [5.74, 6) is -0.205. The third-order valence-corrected chi connectivity index (χ3v) is 3.37. The standard InChI is InChI=1S/C13H13BrO3S/c1-9(15)18-5-3-2-4-10-6-11(13(16)17)8-12(14)7-10/h2,4,6-8H,3,5H2,1H3,(H,16,17). The molecule has 1 rings (SSSR count). The predicted octanol–water partition coefficient (Wildman–Crippen LogP) is 3.83. The van der Waals surface area contributed by atoms with Crippen molar-refractivity contribution in [2.24, 2.45) is 0 Å². The summed E-state index contributed by atoms with van der Waals surface area (Å²) in [6, 6.07) is 5.02. The van der Waals surface area contributed by atoms with Crippen LogP contribution in [0.1, 0.15) is 29.3 Å². The van der Waals surface area contributed by atoms with Crippen LogP contribution < -0.4 is 0 Å². The van der Waals surface area contributed by atoms with E-state index in [0.29, 0.717) is 0 Å². The van der Waals surface area contributed by atoms with E-state index < -0.39 is 5.97 Å². The number of rotatable bonds is 5. The van der Waals surface area contributed by atoms with Crippen molar-refractivity contribution in [2.45, 2.75) is 13.3 Å². The quantitative estimate of drug-likeness (QED) is 0.834. The zero-order valence-electron chi connectivity index (χ0n) is 9.85. The molecule has 96 valence electrons. The first kappa shape index (κ1) is 15.0. The highest BCUT2D eigenvalue weighted by atomic mass is 79.9. The maximum absolute atomic E-state index is 10.9. The molecular weight excluding hydrogens is 316 g/mol. The number of halogens is 1. The Bertz CT molecular complexity index is 483. The molecule has 0 fully saturated rings. The van der Waals surface area contributed by atoms with E-state index in [1.807, 2.05) is 18.2 Å². The van der Waals surface area contributed by atoms with Crippen molar-refractivity contribution in [1.29, 1.82) is 0 Å². The van der Waals surface area contributed by atoms with Crippen LogP contribution in [0.25, 0.3) is 6.08 Å². The zero-order chi connectivity index (χ0) is 13.5. The Balaban J connectivity index is 2.64. The molecule has 1 aromatic carbocycles. The molecule has 18 heavy (non-hydrogen) atoms. The Morgan fingerprint density at radius 3 is 2.72 bits per heavy atom. The van der Waals surface area contributed by atoms with Gasteiger partial charge in [0, 0.05) is 17.1 Å². The van der Waals surface area contributed by atoms with Crippen LogP contribution in [0.3, 0.4) is 0 Å². The Hall–Kier alpha value is -1.07. The number of thioether (sulfide) groups is 1. The number of carboxylic acids is 1. The molecule has 0 aromatic heterocycles. The third-order valence-electron chi connectivity index (χ3n) is 2.07. The van der Waals surface area contributed by atoms with Gasteiger partial charge in [-0.15, -0.1) is 0 Å². The second-order valence-corrected chi connectivity index (χ2v) is 5.80. The first-order chi connectivity index (χ1) is 8.49. The number of aromatic carboxylic acids is 1. The lowest BCUT2D eigenvalue weighted by Crippen LogP contribution is -1.96. The number of hydrogen-bond donors (Lipinski definition) is 1. The SMILES string of the molecule is CC(=O)SCCC=Cc1cc(Br)cc(C(=O)O)c1. The molecule has 0 atom stereocenters. The van der Waals surface area contributed by atoms with Gasteiger partial charge >= 0.3 is 5.97 Å². The van der Waals surface area contributed by atoms with Crippen molar-refractivity contribution in [1.82, 2.24) is 0 Å². The summed E-state index contributed by atoms with van der Waals surface area (Å²) in [4.78, 5) is 21.6. The summed E-state index contributed by atoms with van der Waals surface area (Å²) < 4.78 is 0.736. The van der Waals surface area contributed by atoms with E-state index in [-0.39, 0.29) is 10.7 Å². The lowest BCUT2D eigenvalue weighted by molar-refractivity contribution is -0.109. The monoisotopic (exact) mass is 328 g/mol. The zero-order valence-corrected chi connectivity index (χ0v) is 12.3. The summed E-state index contributed by atoms with van der Waals surface area (Å²) in [5.41, 5.74) is 1.08. The number of carbonyl (C=O) groups is 2. The largest absolute Gasteiger partial charge is 0.478 e. The van der Waals surface area contributed by atoms with Crippen LogP contribution in [0.15, 0.2) is 28.7 Å². The molecule has 0 amide bonds. The summed E-state index contributed by atoms with van der Waals surface area (Å²) in [6.07, 6.45) is 4.57. The maximum Gasteiger partial charge on any atom is 0.335 e. The van der Waals surface area contributed by atoms with Crippen LogP contribution in [-0.2, 0) is 4.79 Å². The van der Waals surface area contributed by atoms with E-state index >= 15 is 0 Å². The Labute approximate surface area is 118 Å². The normalized spacial score (nSPS) is 10.8. The molecular formula is C13H13BrO3S. The summed E-state index contributed by atoms with van der Waals surface area (Å²) in [5, 5.41) is 9.03. The molecule has 5 heteroatoms. The fourth-order valence-corrected chi connectivity index (χ4v) is 2.37. The van der Waals surface area contributed by atoms with Gasteiger partial charge < -0.3 is 5.11 Å². The Morgan fingerprint density at radius 2 is 2.11 bits per heavy atom. The molecule has 0 bridgehead atoms. The third kappa shape index (κ3) is 5.51. The van der Waals surface area contributed by atoms with Crippen molar-refractivity contribution in [3.05, 3.63) is 39.9 Å². The van der Waals surface area contributed by atoms with Crippen LogP contribution in [0.4, 0.5) is 0 Å². The predicted molar refractivity (Wildman–Crippen MR) is 77.9 cm³/mol. The molecule has 1 N–H and O–H groups in total. The minimum Gasteiger partial charge on any atom is -0.478 e. The van der Waals surface area contributed by atoms with Crippen molar-refractivity contribution in [3.63, 3.8) is 0 Å². The van der Waals surface area contributed by atoms with Crippen LogP contribution in [0.5, 0.6) is 0 Å². The molecule has 0 saturated heterocycles. The van der Waals surface area contributed by atoms with E-state index in [2.05, 4.69) is 15.9 Å². The molecule has 3 nitrogen and oxygen atoms in total. The number of benzene rings is 1. The second kappa shape index (κ2) is 7.38. The smallest absolute Gasteiger partial charge is 0.335 e. The van der Waals surface area contributed by atoms with Gasteiger partial charge in [0.05, 0.1) is 5.56 Å². The molecule has 0 spiro atoms. The van der Waals surface area contributed by atoms with Gasteiger partial charge in [-0.3, -0.25) is 4.79 Å². The summed E-state index contributed by atoms with van der Waals surface area (Å²) >= 11 is 4.56. The molecule has 0 radical (unpaired) electrons. The van der Waals surface area contributed by atoms with Crippen LogP contribution in [-0.4, -0.2) is 21.9 Å². The van der Waals surface area contributed by atoms with Gasteiger partial charge in [0.25, 0.3) is 0 Å². The Kier molecular flexibility index (Phi) is 6.15. The highest BCUT2D eigenvalue weighted by Crippen LogP contribution is 2.17. The van der Waals surface area contributed by atoms with Crippen molar-refractivity contribution in [2.75, 3.05) is 5.75 Å². The second-order valence-electron chi connectivity index (χ2n) is 3.61. The lowest BCUT2D eigenvalue weighted by Gasteiger charge is -1.99. The van der Waals surface area contributed by atoms with Gasteiger partial charge in [-0.05, 0) is 30.2 Å². The molecule has 1 aromatic rings. The number of carboxylic acid groups (broad SMARTS) is 1. The summed E-state index contributed by atoms with van der Waals surface area (Å²) in [7, 11) is 0. The lowest BCUT2D eigenvalue weighted by atomic mass is 10.1. The van der Waals surface area contributed by atoms with Crippen LogP contribution >= 0.6 is 27.7 Å². The fraction of sp³-hybridized carbons (Fsp3) is 0.231. The highest BCUT2D eigenvalue weighted by molar-refractivity contribution is 9.10. The van der Waals surface area contributed by atoms with E-state index in [0.717, 1.165) is 22.2 Å². The number of allylic oxidation sites excluding steroid dienone is 1. The first-order valence-electron chi connectivity index (χ1n) is 5.33. The maximum atomic E-state index is 10.9. The molecule has 0 saturated carbocycles. The molecule has 0 heterocycles. The van der Waals surface area contributed by atoms with Crippen LogP contribution in [0, 0.1) is 0 Å². The molecule has 0 aliphatic heterocycles. The van der Waals surface area contributed by atoms with Gasteiger partial charge in [-0.1, -0.05) is 39.8 Å². The van der Waals surface area contributed by atoms with Gasteiger partial charge in [0.1, 0.15) is 0 Å². The van der Waals surface area contributed by atoms with Crippen LogP contribution in [0.2, 0.25) is 0 Å². The first-order valence-corrected chi connectivity index (χ1v) is 7.10. The minimum atomic E-state index is -0.946. The van der Waals surface area contributed by atoms with Gasteiger partial charge in [0.15, 0.2) is 5.12 Å². The van der Waals surface area contributed by atoms with E-state index in [1.54, 1.807) is 19.1 Å². The van der Waals surface area contributed by atoms with Gasteiger partial charge in [-0.25, -0.2) is 4.79 Å². The highest BCUT2D eigenvalue weighted by Gasteiger charge is 2.04. The van der Waals surface area contributed by atoms with Crippen molar-refractivity contribution >= 4 is 44.9 Å².